The molecule has 4 rings (SSSR count). The first-order chi connectivity index (χ1) is 11.8. The molecule has 1 heterocycles. The second-order valence-electron chi connectivity index (χ2n) is 6.10. The normalized spacial score (nSPS) is 18.4. The molecule has 0 saturated heterocycles. The van der Waals surface area contributed by atoms with E-state index in [-0.39, 0.29) is 18.7 Å². The van der Waals surface area contributed by atoms with Crippen molar-refractivity contribution in [3.63, 3.8) is 0 Å². The molecule has 0 bridgehead atoms. The fourth-order valence-corrected chi connectivity index (χ4v) is 3.31. The summed E-state index contributed by atoms with van der Waals surface area (Å²) < 4.78 is 10.6. The number of carbonyl (C=O) groups excluding carboxylic acids is 1. The minimum absolute atomic E-state index is 0.0747. The standard InChI is InChI=1S/C20H19NO3/c22-20(11-9-14-8-10-18-19(12-14)24-13-23-18)21-17-7-3-5-15-4-1-2-6-16(15)17/h1-2,4,6,8-12,17H,3,5,7,13H2,(H,21,22)/b11-9+/t17-/m1/s1. The van der Waals surface area contributed by atoms with E-state index in [1.54, 1.807) is 12.2 Å². The topological polar surface area (TPSA) is 47.6 Å². The Balaban J connectivity index is 1.44. The summed E-state index contributed by atoms with van der Waals surface area (Å²) in [4.78, 5) is 12.3. The summed E-state index contributed by atoms with van der Waals surface area (Å²) in [7, 11) is 0. The van der Waals surface area contributed by atoms with E-state index in [1.807, 2.05) is 24.3 Å². The zero-order valence-electron chi connectivity index (χ0n) is 13.3. The molecule has 1 aliphatic carbocycles. The van der Waals surface area contributed by atoms with Gasteiger partial charge < -0.3 is 14.8 Å². The van der Waals surface area contributed by atoms with Crippen LogP contribution in [-0.2, 0) is 11.2 Å². The van der Waals surface area contributed by atoms with Gasteiger partial charge in [-0.25, -0.2) is 0 Å². The molecular weight excluding hydrogens is 302 g/mol. The molecule has 0 spiro atoms. The van der Waals surface area contributed by atoms with Crippen molar-refractivity contribution in [2.45, 2.75) is 25.3 Å². The van der Waals surface area contributed by atoms with Crippen LogP contribution in [0, 0.1) is 0 Å². The zero-order chi connectivity index (χ0) is 16.4. The summed E-state index contributed by atoms with van der Waals surface area (Å²) in [6, 6.07) is 14.1. The van der Waals surface area contributed by atoms with Gasteiger partial charge in [0.25, 0.3) is 0 Å². The molecule has 1 amide bonds. The molecule has 1 atom stereocenters. The first kappa shape index (κ1) is 14.8. The number of ether oxygens (including phenoxy) is 2. The maximum atomic E-state index is 12.3. The molecule has 0 saturated carbocycles. The number of carbonyl (C=O) groups is 1. The molecule has 0 aromatic heterocycles. The minimum Gasteiger partial charge on any atom is -0.454 e. The third kappa shape index (κ3) is 3.00. The van der Waals surface area contributed by atoms with Gasteiger partial charge in [-0.05, 0) is 54.2 Å². The van der Waals surface area contributed by atoms with Gasteiger partial charge >= 0.3 is 0 Å². The summed E-state index contributed by atoms with van der Waals surface area (Å²) in [6.45, 7) is 0.254. The minimum atomic E-state index is -0.0747. The van der Waals surface area contributed by atoms with Crippen LogP contribution in [0.2, 0.25) is 0 Å². The average Bonchev–Trinajstić information content (AvgIpc) is 3.08. The first-order valence-corrected chi connectivity index (χ1v) is 8.25. The van der Waals surface area contributed by atoms with Gasteiger partial charge in [0.15, 0.2) is 11.5 Å². The van der Waals surface area contributed by atoms with Crippen molar-refractivity contribution >= 4 is 12.0 Å². The van der Waals surface area contributed by atoms with Crippen LogP contribution in [0.25, 0.3) is 6.08 Å². The SMILES string of the molecule is O=C(/C=C/c1ccc2c(c1)OCO2)N[C@@H]1CCCc2ccccc21. The van der Waals surface area contributed by atoms with Crippen LogP contribution in [0.4, 0.5) is 0 Å². The highest BCUT2D eigenvalue weighted by atomic mass is 16.7. The quantitative estimate of drug-likeness (QED) is 0.878. The second-order valence-corrected chi connectivity index (χ2v) is 6.10. The van der Waals surface area contributed by atoms with E-state index in [4.69, 9.17) is 9.47 Å². The van der Waals surface area contributed by atoms with Crippen molar-refractivity contribution in [2.24, 2.45) is 0 Å². The van der Waals surface area contributed by atoms with Gasteiger partial charge in [-0.1, -0.05) is 30.3 Å². The second kappa shape index (κ2) is 6.40. The van der Waals surface area contributed by atoms with Gasteiger partial charge in [0.05, 0.1) is 6.04 Å². The lowest BCUT2D eigenvalue weighted by atomic mass is 9.88. The molecule has 122 valence electrons. The number of hydrogen-bond acceptors (Lipinski definition) is 3. The molecule has 0 unspecified atom stereocenters. The summed E-state index contributed by atoms with van der Waals surface area (Å²) in [5.74, 6) is 1.39. The Kier molecular flexibility index (Phi) is 3.95. The third-order valence-corrected chi connectivity index (χ3v) is 4.51. The fourth-order valence-electron chi connectivity index (χ4n) is 3.31. The van der Waals surface area contributed by atoms with Gasteiger partial charge in [0.1, 0.15) is 0 Å². The Bertz CT molecular complexity index is 797. The molecule has 4 nitrogen and oxygen atoms in total. The van der Waals surface area contributed by atoms with Gasteiger partial charge in [0.2, 0.25) is 12.7 Å². The van der Waals surface area contributed by atoms with Crippen molar-refractivity contribution in [1.82, 2.24) is 5.32 Å². The molecule has 2 aromatic rings. The van der Waals surface area contributed by atoms with E-state index >= 15 is 0 Å². The smallest absolute Gasteiger partial charge is 0.244 e. The molecule has 24 heavy (non-hydrogen) atoms. The Morgan fingerprint density at radius 2 is 2.00 bits per heavy atom. The zero-order valence-corrected chi connectivity index (χ0v) is 13.3. The summed E-state index contributed by atoms with van der Waals surface area (Å²) in [5, 5.41) is 3.12. The Morgan fingerprint density at radius 3 is 2.96 bits per heavy atom. The van der Waals surface area contributed by atoms with Crippen LogP contribution in [0.5, 0.6) is 11.5 Å². The van der Waals surface area contributed by atoms with E-state index in [0.717, 1.165) is 36.3 Å². The highest BCUT2D eigenvalue weighted by molar-refractivity contribution is 5.92. The lowest BCUT2D eigenvalue weighted by Gasteiger charge is -2.25. The van der Waals surface area contributed by atoms with E-state index in [0.29, 0.717) is 0 Å². The molecule has 1 N–H and O–H groups in total. The highest BCUT2D eigenvalue weighted by Crippen LogP contribution is 2.33. The lowest BCUT2D eigenvalue weighted by Crippen LogP contribution is -2.29. The monoisotopic (exact) mass is 321 g/mol. The first-order valence-electron chi connectivity index (χ1n) is 8.25. The maximum Gasteiger partial charge on any atom is 0.244 e. The predicted octanol–water partition coefficient (Wildman–Crippen LogP) is 3.62. The molecule has 1 aliphatic heterocycles. The van der Waals surface area contributed by atoms with Gasteiger partial charge in [0, 0.05) is 6.08 Å². The molecule has 2 aliphatic rings. The van der Waals surface area contributed by atoms with Gasteiger partial charge in [-0.3, -0.25) is 4.79 Å². The van der Waals surface area contributed by atoms with E-state index < -0.39 is 0 Å². The highest BCUT2D eigenvalue weighted by Gasteiger charge is 2.20. The Hall–Kier alpha value is -2.75. The number of aryl methyl sites for hydroxylation is 1. The van der Waals surface area contributed by atoms with Crippen LogP contribution in [-0.4, -0.2) is 12.7 Å². The molecule has 0 radical (unpaired) electrons. The van der Waals surface area contributed by atoms with Crippen molar-refractivity contribution in [1.29, 1.82) is 0 Å². The van der Waals surface area contributed by atoms with Gasteiger partial charge in [-0.15, -0.1) is 0 Å². The van der Waals surface area contributed by atoms with Crippen LogP contribution in [0.3, 0.4) is 0 Å². The van der Waals surface area contributed by atoms with E-state index in [1.165, 1.54) is 11.1 Å². The van der Waals surface area contributed by atoms with E-state index in [9.17, 15) is 4.79 Å². The number of amides is 1. The Labute approximate surface area is 141 Å². The van der Waals surface area contributed by atoms with Crippen molar-refractivity contribution in [3.8, 4) is 11.5 Å². The molecule has 0 fully saturated rings. The average molecular weight is 321 g/mol. The van der Waals surface area contributed by atoms with Gasteiger partial charge in [-0.2, -0.15) is 0 Å². The van der Waals surface area contributed by atoms with Crippen LogP contribution in [0.1, 0.15) is 35.6 Å². The summed E-state index contributed by atoms with van der Waals surface area (Å²) >= 11 is 0. The summed E-state index contributed by atoms with van der Waals surface area (Å²) in [5.41, 5.74) is 3.50. The molecular formula is C20H19NO3. The predicted molar refractivity (Wildman–Crippen MR) is 91.9 cm³/mol. The third-order valence-electron chi connectivity index (χ3n) is 4.51. The molecule has 4 heteroatoms. The molecule has 2 aromatic carbocycles. The van der Waals surface area contributed by atoms with Crippen molar-refractivity contribution in [3.05, 3.63) is 65.2 Å². The largest absolute Gasteiger partial charge is 0.454 e. The lowest BCUT2D eigenvalue weighted by molar-refractivity contribution is -0.117. The van der Waals surface area contributed by atoms with E-state index in [2.05, 4.69) is 23.5 Å². The van der Waals surface area contributed by atoms with Crippen LogP contribution < -0.4 is 14.8 Å². The van der Waals surface area contributed by atoms with Crippen LogP contribution in [0.15, 0.2) is 48.5 Å². The van der Waals surface area contributed by atoms with Crippen LogP contribution >= 0.6 is 0 Å². The number of hydrogen-bond donors (Lipinski definition) is 1. The summed E-state index contributed by atoms with van der Waals surface area (Å²) in [6.07, 6.45) is 6.56. The number of nitrogens with one attached hydrogen (secondary N) is 1. The number of rotatable bonds is 3. The number of benzene rings is 2. The number of fused-ring (bicyclic) bond motifs is 2. The fraction of sp³-hybridized carbons (Fsp3) is 0.250. The Morgan fingerprint density at radius 1 is 1.12 bits per heavy atom. The van der Waals surface area contributed by atoms with Crippen molar-refractivity contribution in [2.75, 3.05) is 6.79 Å². The maximum absolute atomic E-state index is 12.3. The van der Waals surface area contributed by atoms with Crippen molar-refractivity contribution < 1.29 is 14.3 Å².